The number of carbonyl (C=O) groups excluding carboxylic acids is 1. The summed E-state index contributed by atoms with van der Waals surface area (Å²) >= 11 is 1.13. The molecule has 0 saturated carbocycles. The molecular formula is C12H18N2O4S2. The molecule has 0 aliphatic carbocycles. The lowest BCUT2D eigenvalue weighted by Gasteiger charge is -2.31. The van der Waals surface area contributed by atoms with Crippen molar-refractivity contribution in [3.8, 4) is 0 Å². The largest absolute Gasteiger partial charge is 0.391 e. The first-order valence-corrected chi connectivity index (χ1v) is 8.69. The Kier molecular flexibility index (Phi) is 4.79. The van der Waals surface area contributed by atoms with Crippen LogP contribution in [0, 0.1) is 0 Å². The van der Waals surface area contributed by atoms with Gasteiger partial charge in [0, 0.05) is 20.1 Å². The number of carbonyl (C=O) groups is 1. The highest BCUT2D eigenvalue weighted by atomic mass is 32.2. The van der Waals surface area contributed by atoms with Gasteiger partial charge in [0.15, 0.2) is 0 Å². The average molecular weight is 318 g/mol. The van der Waals surface area contributed by atoms with E-state index < -0.39 is 16.1 Å². The molecule has 1 aromatic rings. The summed E-state index contributed by atoms with van der Waals surface area (Å²) in [4.78, 5) is 13.6. The molecule has 112 valence electrons. The van der Waals surface area contributed by atoms with Gasteiger partial charge in [-0.15, -0.1) is 11.3 Å². The Balaban J connectivity index is 2.00. The van der Waals surface area contributed by atoms with Crippen molar-refractivity contribution in [3.05, 3.63) is 17.5 Å². The number of hydrogen-bond donors (Lipinski definition) is 1. The first-order chi connectivity index (χ1) is 9.41. The number of thiophene rings is 1. The molecule has 6 nitrogen and oxygen atoms in total. The van der Waals surface area contributed by atoms with E-state index in [1.54, 1.807) is 11.4 Å². The van der Waals surface area contributed by atoms with Crippen molar-refractivity contribution in [1.29, 1.82) is 0 Å². The van der Waals surface area contributed by atoms with Gasteiger partial charge in [-0.3, -0.25) is 4.79 Å². The maximum atomic E-state index is 12.2. The molecule has 1 aromatic heterocycles. The lowest BCUT2D eigenvalue weighted by molar-refractivity contribution is -0.134. The fraction of sp³-hybridized carbons (Fsp3) is 0.583. The van der Waals surface area contributed by atoms with Crippen molar-refractivity contribution in [3.63, 3.8) is 0 Å². The van der Waals surface area contributed by atoms with Crippen LogP contribution in [0.15, 0.2) is 21.7 Å². The normalized spacial score (nSPS) is 20.4. The monoisotopic (exact) mass is 318 g/mol. The van der Waals surface area contributed by atoms with E-state index >= 15 is 0 Å². The average Bonchev–Trinajstić information content (AvgIpc) is 2.93. The number of likely N-dealkylation sites (tertiary alicyclic amines) is 1. The summed E-state index contributed by atoms with van der Waals surface area (Å²) in [6, 6.07) is 3.18. The van der Waals surface area contributed by atoms with Gasteiger partial charge in [-0.2, -0.15) is 4.31 Å². The zero-order valence-electron chi connectivity index (χ0n) is 11.2. The molecular weight excluding hydrogens is 300 g/mol. The zero-order valence-corrected chi connectivity index (χ0v) is 12.9. The van der Waals surface area contributed by atoms with E-state index in [0.717, 1.165) is 22.1 Å². The number of likely N-dealkylation sites (N-methyl/N-ethyl adjacent to an activating group) is 1. The molecule has 1 atom stereocenters. The third-order valence-electron chi connectivity index (χ3n) is 3.27. The Morgan fingerprint density at radius 2 is 2.35 bits per heavy atom. The highest BCUT2D eigenvalue weighted by Crippen LogP contribution is 2.20. The third-order valence-corrected chi connectivity index (χ3v) is 6.44. The molecule has 2 rings (SSSR count). The Morgan fingerprint density at radius 1 is 1.60 bits per heavy atom. The lowest BCUT2D eigenvalue weighted by atomic mass is 10.1. The summed E-state index contributed by atoms with van der Waals surface area (Å²) in [6.45, 7) is 0.654. The molecule has 1 amide bonds. The van der Waals surface area contributed by atoms with Crippen LogP contribution >= 0.6 is 11.3 Å². The molecule has 2 heterocycles. The highest BCUT2D eigenvalue weighted by molar-refractivity contribution is 7.91. The number of aliphatic hydroxyl groups excluding tert-OH is 1. The topological polar surface area (TPSA) is 77.9 Å². The SMILES string of the molecule is CN(CC(=O)N1CCCC(O)C1)S(=O)(=O)c1cccs1. The van der Waals surface area contributed by atoms with Crippen LogP contribution in [-0.2, 0) is 14.8 Å². The second kappa shape index (κ2) is 6.21. The summed E-state index contributed by atoms with van der Waals surface area (Å²) in [7, 11) is -2.20. The molecule has 1 N–H and O–H groups in total. The molecule has 0 bridgehead atoms. The molecule has 0 radical (unpaired) electrons. The van der Waals surface area contributed by atoms with Gasteiger partial charge in [0.2, 0.25) is 5.91 Å². The molecule has 1 saturated heterocycles. The number of nitrogens with zero attached hydrogens (tertiary/aromatic N) is 2. The predicted octanol–water partition coefficient (Wildman–Crippen LogP) is 0.352. The number of rotatable bonds is 4. The van der Waals surface area contributed by atoms with E-state index in [4.69, 9.17) is 0 Å². The fourth-order valence-corrected chi connectivity index (χ4v) is 4.44. The summed E-state index contributed by atoms with van der Waals surface area (Å²) < 4.78 is 25.7. The van der Waals surface area contributed by atoms with E-state index in [9.17, 15) is 18.3 Å². The molecule has 0 aromatic carbocycles. The van der Waals surface area contributed by atoms with Crippen LogP contribution in [0.5, 0.6) is 0 Å². The van der Waals surface area contributed by atoms with Gasteiger partial charge < -0.3 is 10.0 Å². The van der Waals surface area contributed by atoms with Gasteiger partial charge >= 0.3 is 0 Å². The van der Waals surface area contributed by atoms with E-state index in [2.05, 4.69) is 0 Å². The van der Waals surface area contributed by atoms with Gasteiger partial charge in [-0.1, -0.05) is 6.07 Å². The smallest absolute Gasteiger partial charge is 0.252 e. The minimum Gasteiger partial charge on any atom is -0.391 e. The lowest BCUT2D eigenvalue weighted by Crippen LogP contribution is -2.46. The van der Waals surface area contributed by atoms with Gasteiger partial charge in [0.25, 0.3) is 10.0 Å². The number of β-amino-alcohol motifs (C(OH)–C–C–N with tert-alkyl or cyclic N) is 1. The van der Waals surface area contributed by atoms with Crippen LogP contribution in [0.3, 0.4) is 0 Å². The quantitative estimate of drug-likeness (QED) is 0.869. The Hall–Kier alpha value is -0.960. The van der Waals surface area contributed by atoms with Gasteiger partial charge in [-0.05, 0) is 24.3 Å². The molecule has 1 unspecified atom stereocenters. The van der Waals surface area contributed by atoms with Crippen molar-refractivity contribution in [1.82, 2.24) is 9.21 Å². The maximum absolute atomic E-state index is 12.2. The van der Waals surface area contributed by atoms with Crippen LogP contribution in [0.2, 0.25) is 0 Å². The summed E-state index contributed by atoms with van der Waals surface area (Å²) in [5.41, 5.74) is 0. The third kappa shape index (κ3) is 3.38. The first kappa shape index (κ1) is 15.4. The van der Waals surface area contributed by atoms with Crippen LogP contribution in [0.1, 0.15) is 12.8 Å². The van der Waals surface area contributed by atoms with Crippen LogP contribution in [-0.4, -0.2) is 61.4 Å². The number of amides is 1. The highest BCUT2D eigenvalue weighted by Gasteiger charge is 2.28. The zero-order chi connectivity index (χ0) is 14.8. The second-order valence-corrected chi connectivity index (χ2v) is 8.05. The molecule has 1 aliphatic rings. The van der Waals surface area contributed by atoms with Gasteiger partial charge in [-0.25, -0.2) is 8.42 Å². The van der Waals surface area contributed by atoms with Crippen LogP contribution < -0.4 is 0 Å². The summed E-state index contributed by atoms with van der Waals surface area (Å²) in [5.74, 6) is -0.272. The molecule has 20 heavy (non-hydrogen) atoms. The summed E-state index contributed by atoms with van der Waals surface area (Å²) in [6.07, 6.45) is 0.924. The second-order valence-electron chi connectivity index (χ2n) is 4.83. The van der Waals surface area contributed by atoms with Crippen molar-refractivity contribution in [2.75, 3.05) is 26.7 Å². The minimum absolute atomic E-state index is 0.201. The van der Waals surface area contributed by atoms with E-state index in [-0.39, 0.29) is 23.2 Å². The number of piperidine rings is 1. The van der Waals surface area contributed by atoms with E-state index in [1.807, 2.05) is 0 Å². The van der Waals surface area contributed by atoms with Gasteiger partial charge in [0.05, 0.1) is 12.6 Å². The Morgan fingerprint density at radius 3 is 2.95 bits per heavy atom. The van der Waals surface area contributed by atoms with Crippen LogP contribution in [0.25, 0.3) is 0 Å². The number of hydrogen-bond acceptors (Lipinski definition) is 5. The van der Waals surface area contributed by atoms with Crippen LogP contribution in [0.4, 0.5) is 0 Å². The Labute approximate surface area is 122 Å². The minimum atomic E-state index is -3.60. The van der Waals surface area contributed by atoms with E-state index in [1.165, 1.54) is 18.0 Å². The summed E-state index contributed by atoms with van der Waals surface area (Å²) in [5, 5.41) is 11.2. The fourth-order valence-electron chi connectivity index (χ4n) is 2.12. The molecule has 1 aliphatic heterocycles. The van der Waals surface area contributed by atoms with Gasteiger partial charge in [0.1, 0.15) is 4.21 Å². The van der Waals surface area contributed by atoms with Crippen molar-refractivity contribution in [2.24, 2.45) is 0 Å². The van der Waals surface area contributed by atoms with E-state index in [0.29, 0.717) is 13.0 Å². The van der Waals surface area contributed by atoms with Crippen molar-refractivity contribution < 1.29 is 18.3 Å². The van der Waals surface area contributed by atoms with Crippen molar-refractivity contribution >= 4 is 27.3 Å². The number of sulfonamides is 1. The first-order valence-electron chi connectivity index (χ1n) is 6.37. The molecule has 0 spiro atoms. The molecule has 1 fully saturated rings. The maximum Gasteiger partial charge on any atom is 0.252 e. The predicted molar refractivity (Wildman–Crippen MR) is 76.0 cm³/mol. The Bertz CT molecular complexity index is 556. The standard InChI is InChI=1S/C12H18N2O4S2/c1-13(20(17,18)12-5-3-7-19-12)9-11(16)14-6-2-4-10(15)8-14/h3,5,7,10,15H,2,4,6,8-9H2,1H3. The van der Waals surface area contributed by atoms with Crippen molar-refractivity contribution in [2.45, 2.75) is 23.2 Å². The number of aliphatic hydroxyl groups is 1. The molecule has 8 heteroatoms.